The molecule has 2 N–H and O–H groups in total. The molecule has 2 aromatic rings. The second-order valence-electron chi connectivity index (χ2n) is 6.65. The molecule has 0 saturated carbocycles. The van der Waals surface area contributed by atoms with Crippen LogP contribution in [0, 0.1) is 5.82 Å². The zero-order chi connectivity index (χ0) is 19.1. The Bertz CT molecular complexity index is 788. The van der Waals surface area contributed by atoms with Gasteiger partial charge in [-0.2, -0.15) is 0 Å². The SMILES string of the molecule is Cl.O=C(CC1NCCN(Cc2ccccc2F)C1=O)NCCc1ccccc1. The predicted octanol–water partition coefficient (Wildman–Crippen LogP) is 2.30. The van der Waals surface area contributed by atoms with Crippen molar-refractivity contribution in [2.45, 2.75) is 25.4 Å². The molecule has 5 nitrogen and oxygen atoms in total. The van der Waals surface area contributed by atoms with E-state index in [0.717, 1.165) is 12.0 Å². The monoisotopic (exact) mass is 405 g/mol. The Hall–Kier alpha value is -2.44. The predicted molar refractivity (Wildman–Crippen MR) is 109 cm³/mol. The summed E-state index contributed by atoms with van der Waals surface area (Å²) in [6, 6.07) is 15.8. The molecule has 0 aromatic heterocycles. The molecule has 1 fully saturated rings. The van der Waals surface area contributed by atoms with Crippen LogP contribution in [0.1, 0.15) is 17.5 Å². The van der Waals surface area contributed by atoms with Gasteiger partial charge in [0, 0.05) is 31.7 Å². The van der Waals surface area contributed by atoms with Gasteiger partial charge < -0.3 is 15.5 Å². The third-order valence-corrected chi connectivity index (χ3v) is 4.67. The molecular formula is C21H25ClFN3O2. The second kappa shape index (κ2) is 10.8. The van der Waals surface area contributed by atoms with Crippen LogP contribution in [0.2, 0.25) is 0 Å². The molecule has 2 amide bonds. The minimum Gasteiger partial charge on any atom is -0.356 e. The van der Waals surface area contributed by atoms with E-state index in [1.807, 2.05) is 30.3 Å². The molecule has 1 heterocycles. The van der Waals surface area contributed by atoms with Gasteiger partial charge in [0.15, 0.2) is 0 Å². The fraction of sp³-hybridized carbons (Fsp3) is 0.333. The maximum absolute atomic E-state index is 13.8. The Morgan fingerprint density at radius 1 is 1.14 bits per heavy atom. The van der Waals surface area contributed by atoms with Crippen molar-refractivity contribution in [1.29, 1.82) is 0 Å². The lowest BCUT2D eigenvalue weighted by molar-refractivity contribution is -0.138. The fourth-order valence-corrected chi connectivity index (χ4v) is 3.19. The number of hydrogen-bond acceptors (Lipinski definition) is 3. The summed E-state index contributed by atoms with van der Waals surface area (Å²) in [4.78, 5) is 26.4. The first-order chi connectivity index (χ1) is 13.1. The quantitative estimate of drug-likeness (QED) is 0.743. The van der Waals surface area contributed by atoms with E-state index in [4.69, 9.17) is 0 Å². The zero-order valence-electron chi connectivity index (χ0n) is 15.6. The highest BCUT2D eigenvalue weighted by atomic mass is 35.5. The molecule has 150 valence electrons. The highest BCUT2D eigenvalue weighted by Crippen LogP contribution is 2.13. The van der Waals surface area contributed by atoms with Gasteiger partial charge in [-0.25, -0.2) is 4.39 Å². The lowest BCUT2D eigenvalue weighted by Gasteiger charge is -2.33. The van der Waals surface area contributed by atoms with Gasteiger partial charge in [-0.3, -0.25) is 9.59 Å². The molecule has 0 spiro atoms. The third kappa shape index (κ3) is 6.04. The van der Waals surface area contributed by atoms with Crippen LogP contribution in [0.5, 0.6) is 0 Å². The molecule has 1 atom stereocenters. The molecule has 0 bridgehead atoms. The van der Waals surface area contributed by atoms with Crippen LogP contribution in [0.3, 0.4) is 0 Å². The smallest absolute Gasteiger partial charge is 0.240 e. The summed E-state index contributed by atoms with van der Waals surface area (Å²) >= 11 is 0. The average molecular weight is 406 g/mol. The first-order valence-corrected chi connectivity index (χ1v) is 9.19. The first-order valence-electron chi connectivity index (χ1n) is 9.19. The summed E-state index contributed by atoms with van der Waals surface area (Å²) in [5.41, 5.74) is 1.64. The molecule has 1 aliphatic rings. The van der Waals surface area contributed by atoms with E-state index in [9.17, 15) is 14.0 Å². The summed E-state index contributed by atoms with van der Waals surface area (Å²) in [6.07, 6.45) is 0.833. The molecule has 0 radical (unpaired) electrons. The van der Waals surface area contributed by atoms with Crippen molar-refractivity contribution in [2.75, 3.05) is 19.6 Å². The summed E-state index contributed by atoms with van der Waals surface area (Å²) in [5.74, 6) is -0.647. The third-order valence-electron chi connectivity index (χ3n) is 4.67. The average Bonchev–Trinajstić information content (AvgIpc) is 2.67. The number of carbonyl (C=O) groups is 2. The maximum Gasteiger partial charge on any atom is 0.240 e. The summed E-state index contributed by atoms with van der Waals surface area (Å²) in [6.45, 7) is 1.84. The number of piperazine rings is 1. The van der Waals surface area contributed by atoms with Crippen LogP contribution < -0.4 is 10.6 Å². The molecule has 7 heteroatoms. The minimum atomic E-state index is -0.567. The lowest BCUT2D eigenvalue weighted by Crippen LogP contribution is -2.55. The van der Waals surface area contributed by atoms with Gasteiger partial charge in [-0.15, -0.1) is 12.4 Å². The van der Waals surface area contributed by atoms with Crippen molar-refractivity contribution in [2.24, 2.45) is 0 Å². The highest BCUT2D eigenvalue weighted by molar-refractivity contribution is 5.88. The van der Waals surface area contributed by atoms with Gasteiger partial charge in [0.05, 0.1) is 12.5 Å². The Kier molecular flexibility index (Phi) is 8.42. The number of hydrogen-bond donors (Lipinski definition) is 2. The standard InChI is InChI=1S/C21H24FN3O2.ClH/c22-18-9-5-4-8-17(18)15-25-13-12-23-19(21(25)27)14-20(26)24-11-10-16-6-2-1-3-7-16;/h1-9,19,23H,10-15H2,(H,24,26);1H. The van der Waals surface area contributed by atoms with Gasteiger partial charge in [0.1, 0.15) is 5.82 Å². The van der Waals surface area contributed by atoms with Gasteiger partial charge >= 0.3 is 0 Å². The van der Waals surface area contributed by atoms with E-state index in [0.29, 0.717) is 25.2 Å². The molecule has 2 aromatic carbocycles. The molecule has 1 unspecified atom stereocenters. The summed E-state index contributed by atoms with van der Waals surface area (Å²) in [5, 5.41) is 5.96. The van der Waals surface area contributed by atoms with Crippen LogP contribution >= 0.6 is 12.4 Å². The van der Waals surface area contributed by atoms with E-state index >= 15 is 0 Å². The van der Waals surface area contributed by atoms with Crippen LogP contribution in [-0.4, -0.2) is 42.4 Å². The number of benzene rings is 2. The maximum atomic E-state index is 13.8. The van der Waals surface area contributed by atoms with Crippen molar-refractivity contribution in [3.8, 4) is 0 Å². The van der Waals surface area contributed by atoms with E-state index in [2.05, 4.69) is 10.6 Å². The Morgan fingerprint density at radius 3 is 2.61 bits per heavy atom. The zero-order valence-corrected chi connectivity index (χ0v) is 16.4. The van der Waals surface area contributed by atoms with Crippen LogP contribution in [-0.2, 0) is 22.6 Å². The Labute approximate surface area is 170 Å². The van der Waals surface area contributed by atoms with E-state index in [1.54, 1.807) is 23.1 Å². The van der Waals surface area contributed by atoms with Crippen LogP contribution in [0.4, 0.5) is 4.39 Å². The van der Waals surface area contributed by atoms with Crippen molar-refractivity contribution in [3.05, 3.63) is 71.5 Å². The molecule has 1 aliphatic heterocycles. The van der Waals surface area contributed by atoms with Crippen molar-refractivity contribution in [1.82, 2.24) is 15.5 Å². The first kappa shape index (κ1) is 21.9. The lowest BCUT2D eigenvalue weighted by atomic mass is 10.1. The van der Waals surface area contributed by atoms with Crippen molar-refractivity contribution in [3.63, 3.8) is 0 Å². The normalized spacial score (nSPS) is 16.4. The highest BCUT2D eigenvalue weighted by Gasteiger charge is 2.30. The number of nitrogens with zero attached hydrogens (tertiary/aromatic N) is 1. The van der Waals surface area contributed by atoms with Gasteiger partial charge in [0.2, 0.25) is 11.8 Å². The Morgan fingerprint density at radius 2 is 1.86 bits per heavy atom. The number of rotatable bonds is 7. The number of halogens is 2. The molecule has 0 aliphatic carbocycles. The summed E-state index contributed by atoms with van der Waals surface area (Å²) in [7, 11) is 0. The second-order valence-corrected chi connectivity index (χ2v) is 6.65. The van der Waals surface area contributed by atoms with E-state index in [1.165, 1.54) is 6.07 Å². The summed E-state index contributed by atoms with van der Waals surface area (Å²) < 4.78 is 13.8. The molecule has 3 rings (SSSR count). The van der Waals surface area contributed by atoms with Gasteiger partial charge in [0.25, 0.3) is 0 Å². The molecular weight excluding hydrogens is 381 g/mol. The van der Waals surface area contributed by atoms with E-state index in [-0.39, 0.29) is 43.0 Å². The van der Waals surface area contributed by atoms with Crippen molar-refractivity contribution >= 4 is 24.2 Å². The van der Waals surface area contributed by atoms with E-state index < -0.39 is 6.04 Å². The van der Waals surface area contributed by atoms with Crippen LogP contribution in [0.25, 0.3) is 0 Å². The topological polar surface area (TPSA) is 61.4 Å². The Balaban J connectivity index is 0.00000280. The number of nitrogens with one attached hydrogen (secondary N) is 2. The number of carbonyl (C=O) groups excluding carboxylic acids is 2. The number of amides is 2. The van der Waals surface area contributed by atoms with Gasteiger partial charge in [-0.1, -0.05) is 48.5 Å². The fourth-order valence-electron chi connectivity index (χ4n) is 3.19. The molecule has 1 saturated heterocycles. The van der Waals surface area contributed by atoms with Crippen LogP contribution in [0.15, 0.2) is 54.6 Å². The van der Waals surface area contributed by atoms with Crippen molar-refractivity contribution < 1.29 is 14.0 Å². The largest absolute Gasteiger partial charge is 0.356 e. The minimum absolute atomic E-state index is 0. The van der Waals surface area contributed by atoms with Gasteiger partial charge in [-0.05, 0) is 18.1 Å². The molecule has 28 heavy (non-hydrogen) atoms.